The quantitative estimate of drug-likeness (QED) is 0.161. The van der Waals surface area contributed by atoms with Crippen molar-refractivity contribution in [3.05, 3.63) is 100 Å². The lowest BCUT2D eigenvalue weighted by Crippen LogP contribution is -2.32. The zero-order valence-corrected chi connectivity index (χ0v) is 22.5. The van der Waals surface area contributed by atoms with E-state index in [4.69, 9.17) is 44.3 Å². The second-order valence-electron chi connectivity index (χ2n) is 8.36. The lowest BCUT2D eigenvalue weighted by molar-refractivity contribution is -0.115. The molecule has 0 fully saturated rings. The molecule has 2 N–H and O–H groups in total. The highest BCUT2D eigenvalue weighted by molar-refractivity contribution is 7.80. The minimum absolute atomic E-state index is 0.148. The van der Waals surface area contributed by atoms with E-state index in [0.29, 0.717) is 38.7 Å². The van der Waals surface area contributed by atoms with Crippen LogP contribution in [-0.4, -0.2) is 16.0 Å². The summed E-state index contributed by atoms with van der Waals surface area (Å²) in [5.41, 5.74) is 4.91. The number of benzene rings is 3. The predicted molar refractivity (Wildman–Crippen MR) is 156 cm³/mol. The monoisotopic (exact) mass is 561 g/mol. The van der Waals surface area contributed by atoms with Crippen molar-refractivity contribution < 1.29 is 13.6 Å². The Bertz CT molecular complexity index is 1690. The Morgan fingerprint density at radius 1 is 1.03 bits per heavy atom. The zero-order valence-electron chi connectivity index (χ0n) is 20.1. The second-order valence-corrected chi connectivity index (χ2v) is 9.61. The summed E-state index contributed by atoms with van der Waals surface area (Å²) in [5.74, 6) is 1.14. The number of anilines is 1. The number of nitrogens with zero attached hydrogens (tertiary/aromatic N) is 1. The van der Waals surface area contributed by atoms with Gasteiger partial charge in [0.15, 0.2) is 10.7 Å². The van der Waals surface area contributed by atoms with Gasteiger partial charge >= 0.3 is 0 Å². The normalized spacial score (nSPS) is 11.2. The number of hydrogen-bond donors (Lipinski definition) is 2. The molecule has 1 amide bonds. The van der Waals surface area contributed by atoms with Gasteiger partial charge in [-0.25, -0.2) is 4.98 Å². The van der Waals surface area contributed by atoms with Gasteiger partial charge in [0, 0.05) is 27.9 Å². The maximum atomic E-state index is 12.4. The molecule has 6 nitrogen and oxygen atoms in total. The third-order valence-corrected chi connectivity index (χ3v) is 6.44. The number of furan rings is 1. The molecule has 5 aromatic rings. The largest absolute Gasteiger partial charge is 0.457 e. The molecule has 0 aliphatic carbocycles. The van der Waals surface area contributed by atoms with Crippen LogP contribution in [0, 0.1) is 0 Å². The molecule has 0 atom stereocenters. The van der Waals surface area contributed by atoms with Gasteiger partial charge in [-0.1, -0.05) is 42.3 Å². The lowest BCUT2D eigenvalue weighted by Gasteiger charge is -2.08. The SMILES string of the molecule is CCc1ccc2oc(-c3cccc(NC(=S)NC(=O)/C=C/c4ccc(-c5ccc(Cl)cc5Cl)o4)c3)nc2c1. The molecule has 9 heteroatoms. The van der Waals surface area contributed by atoms with E-state index in [1.165, 1.54) is 11.6 Å². The van der Waals surface area contributed by atoms with Gasteiger partial charge in [-0.05, 0) is 90.9 Å². The molecule has 0 saturated heterocycles. The second kappa shape index (κ2) is 11.2. The highest BCUT2D eigenvalue weighted by Gasteiger charge is 2.11. The molecule has 0 aliphatic rings. The van der Waals surface area contributed by atoms with Gasteiger partial charge in [0.25, 0.3) is 0 Å². The number of hydrogen-bond acceptors (Lipinski definition) is 5. The van der Waals surface area contributed by atoms with Crippen molar-refractivity contribution in [2.24, 2.45) is 0 Å². The summed E-state index contributed by atoms with van der Waals surface area (Å²) in [6.07, 6.45) is 3.80. The molecule has 2 heterocycles. The first kappa shape index (κ1) is 25.7. The molecule has 0 radical (unpaired) electrons. The van der Waals surface area contributed by atoms with E-state index in [1.807, 2.05) is 42.5 Å². The Morgan fingerprint density at radius 2 is 1.89 bits per heavy atom. The number of aryl methyl sites for hydroxylation is 1. The van der Waals surface area contributed by atoms with Crippen molar-refractivity contribution in [3.8, 4) is 22.8 Å². The average Bonchev–Trinajstić information content (AvgIpc) is 3.54. The van der Waals surface area contributed by atoms with Crippen LogP contribution in [0.2, 0.25) is 10.0 Å². The van der Waals surface area contributed by atoms with E-state index in [-0.39, 0.29) is 5.11 Å². The Hall–Kier alpha value is -3.91. The molecule has 38 heavy (non-hydrogen) atoms. The number of thiocarbonyl (C=S) groups is 1. The number of rotatable bonds is 6. The third-order valence-electron chi connectivity index (χ3n) is 5.69. The molecule has 3 aromatic carbocycles. The first-order valence-corrected chi connectivity index (χ1v) is 12.9. The molecule has 190 valence electrons. The highest BCUT2D eigenvalue weighted by atomic mass is 35.5. The third kappa shape index (κ3) is 5.97. The summed E-state index contributed by atoms with van der Waals surface area (Å²) >= 11 is 17.5. The summed E-state index contributed by atoms with van der Waals surface area (Å²) in [4.78, 5) is 17.0. The smallest absolute Gasteiger partial charge is 0.250 e. The van der Waals surface area contributed by atoms with E-state index in [0.717, 1.165) is 23.1 Å². The zero-order chi connectivity index (χ0) is 26.6. The standard InChI is InChI=1S/C29H21Cl2N3O3S/c1-2-17-6-11-26-24(14-17)33-28(37-26)18-4-3-5-20(15-18)32-29(38)34-27(35)13-9-21-8-12-25(36-21)22-10-7-19(30)16-23(22)31/h3-16H,2H2,1H3,(H2,32,34,35,38)/b13-9+. The number of amides is 1. The summed E-state index contributed by atoms with van der Waals surface area (Å²) in [6, 6.07) is 22.1. The van der Waals surface area contributed by atoms with Crippen LogP contribution in [0.5, 0.6) is 0 Å². The van der Waals surface area contributed by atoms with Crippen molar-refractivity contribution in [2.75, 3.05) is 5.32 Å². The van der Waals surface area contributed by atoms with Crippen LogP contribution in [0.25, 0.3) is 40.0 Å². The number of oxazole rings is 1. The van der Waals surface area contributed by atoms with Crippen LogP contribution in [0.15, 0.2) is 87.7 Å². The van der Waals surface area contributed by atoms with Crippen molar-refractivity contribution in [2.45, 2.75) is 13.3 Å². The van der Waals surface area contributed by atoms with Gasteiger partial charge in [0.2, 0.25) is 11.8 Å². The van der Waals surface area contributed by atoms with Gasteiger partial charge in [-0.2, -0.15) is 0 Å². The fourth-order valence-corrected chi connectivity index (χ4v) is 4.52. The summed E-state index contributed by atoms with van der Waals surface area (Å²) in [6.45, 7) is 2.10. The fourth-order valence-electron chi connectivity index (χ4n) is 3.80. The minimum atomic E-state index is -0.410. The van der Waals surface area contributed by atoms with Gasteiger partial charge in [-0.3, -0.25) is 10.1 Å². The first-order chi connectivity index (χ1) is 18.4. The van der Waals surface area contributed by atoms with E-state index >= 15 is 0 Å². The van der Waals surface area contributed by atoms with Crippen LogP contribution in [0.4, 0.5) is 5.69 Å². The van der Waals surface area contributed by atoms with Crippen LogP contribution in [0.1, 0.15) is 18.2 Å². The van der Waals surface area contributed by atoms with Gasteiger partial charge in [0.05, 0.1) is 5.02 Å². The Balaban J connectivity index is 1.21. The molecule has 2 aromatic heterocycles. The van der Waals surface area contributed by atoms with Crippen molar-refractivity contribution in [1.82, 2.24) is 10.3 Å². The first-order valence-electron chi connectivity index (χ1n) is 11.7. The summed E-state index contributed by atoms with van der Waals surface area (Å²) in [5, 5.41) is 6.80. The Kier molecular flexibility index (Phi) is 7.60. The van der Waals surface area contributed by atoms with Crippen molar-refractivity contribution in [1.29, 1.82) is 0 Å². The number of aromatic nitrogens is 1. The van der Waals surface area contributed by atoms with Gasteiger partial charge < -0.3 is 14.2 Å². The molecular weight excluding hydrogens is 541 g/mol. The molecular formula is C29H21Cl2N3O3S. The molecule has 0 bridgehead atoms. The maximum Gasteiger partial charge on any atom is 0.250 e. The summed E-state index contributed by atoms with van der Waals surface area (Å²) < 4.78 is 11.7. The minimum Gasteiger partial charge on any atom is -0.457 e. The van der Waals surface area contributed by atoms with Crippen LogP contribution >= 0.6 is 35.4 Å². The molecule has 0 saturated carbocycles. The predicted octanol–water partition coefficient (Wildman–Crippen LogP) is 8.15. The molecule has 0 unspecified atom stereocenters. The Morgan fingerprint density at radius 3 is 2.71 bits per heavy atom. The number of carbonyl (C=O) groups excluding carboxylic acids is 1. The number of fused-ring (bicyclic) bond motifs is 1. The molecule has 5 rings (SSSR count). The van der Waals surface area contributed by atoms with E-state index in [1.54, 1.807) is 36.4 Å². The van der Waals surface area contributed by atoms with E-state index in [9.17, 15) is 4.79 Å². The van der Waals surface area contributed by atoms with Crippen molar-refractivity contribution >= 4 is 69.3 Å². The van der Waals surface area contributed by atoms with E-state index in [2.05, 4.69) is 22.5 Å². The maximum absolute atomic E-state index is 12.4. The summed E-state index contributed by atoms with van der Waals surface area (Å²) in [7, 11) is 0. The average molecular weight is 562 g/mol. The molecule has 0 spiro atoms. The number of halogens is 2. The van der Waals surface area contributed by atoms with Crippen LogP contribution < -0.4 is 10.6 Å². The lowest BCUT2D eigenvalue weighted by atomic mass is 10.1. The Labute approximate surface area is 234 Å². The van der Waals surface area contributed by atoms with Crippen LogP contribution in [-0.2, 0) is 11.2 Å². The highest BCUT2D eigenvalue weighted by Crippen LogP contribution is 2.32. The van der Waals surface area contributed by atoms with Crippen molar-refractivity contribution in [3.63, 3.8) is 0 Å². The fraction of sp³-hybridized carbons (Fsp3) is 0.0690. The van der Waals surface area contributed by atoms with Gasteiger partial charge in [0.1, 0.15) is 17.0 Å². The number of nitrogens with one attached hydrogen (secondary N) is 2. The van der Waals surface area contributed by atoms with Crippen LogP contribution in [0.3, 0.4) is 0 Å². The van der Waals surface area contributed by atoms with Gasteiger partial charge in [-0.15, -0.1) is 0 Å². The molecule has 0 aliphatic heterocycles. The topological polar surface area (TPSA) is 80.3 Å². The number of carbonyl (C=O) groups is 1. The van der Waals surface area contributed by atoms with E-state index < -0.39 is 5.91 Å².